The van der Waals surface area contributed by atoms with Crippen LogP contribution in [0.25, 0.3) is 11.0 Å². The fourth-order valence-corrected chi connectivity index (χ4v) is 3.62. The number of hydrogen-bond donors (Lipinski definition) is 2. The number of aromatic nitrogens is 2. The van der Waals surface area contributed by atoms with Crippen LogP contribution in [0.15, 0.2) is 53.7 Å². The average Bonchev–Trinajstić information content (AvgIpc) is 3.02. The largest absolute Gasteiger partial charge is 0.350 e. The smallest absolute Gasteiger partial charge is 0.291 e. The maximum atomic E-state index is 12.9. The molecule has 3 rings (SSSR count). The average molecular weight is 448 g/mol. The molecule has 2 aromatic carbocycles. The second kappa shape index (κ2) is 10.4. The first-order chi connectivity index (χ1) is 14.8. The SMILES string of the molecule is CN(C)CC(=O)Nc1cccc(CNC(=O)Cn2c(SC(F)F)nc3ccccc32)c1. The van der Waals surface area contributed by atoms with Crippen molar-refractivity contribution in [1.82, 2.24) is 19.8 Å². The molecular formula is C21H23F2N5O2S. The lowest BCUT2D eigenvalue weighted by molar-refractivity contribution is -0.122. The zero-order chi connectivity index (χ0) is 22.4. The Kier molecular flexibility index (Phi) is 7.59. The van der Waals surface area contributed by atoms with E-state index in [0.29, 0.717) is 28.5 Å². The fourth-order valence-electron chi connectivity index (χ4n) is 3.02. The highest BCUT2D eigenvalue weighted by Gasteiger charge is 2.17. The summed E-state index contributed by atoms with van der Waals surface area (Å²) in [6.07, 6.45) is 0. The quantitative estimate of drug-likeness (QED) is 0.493. The van der Waals surface area contributed by atoms with Gasteiger partial charge in [0.1, 0.15) is 6.54 Å². The summed E-state index contributed by atoms with van der Waals surface area (Å²) >= 11 is 0.314. The Morgan fingerprint density at radius 3 is 2.65 bits per heavy atom. The highest BCUT2D eigenvalue weighted by Crippen LogP contribution is 2.28. The number of imidazole rings is 1. The number of fused-ring (bicyclic) bond motifs is 1. The molecule has 31 heavy (non-hydrogen) atoms. The normalized spacial score (nSPS) is 11.3. The van der Waals surface area contributed by atoms with Crippen LogP contribution in [0.3, 0.4) is 0 Å². The molecule has 0 unspecified atom stereocenters. The molecule has 1 heterocycles. The summed E-state index contributed by atoms with van der Waals surface area (Å²) in [5, 5.41) is 5.69. The zero-order valence-electron chi connectivity index (χ0n) is 17.1. The second-order valence-electron chi connectivity index (χ2n) is 7.11. The van der Waals surface area contributed by atoms with E-state index >= 15 is 0 Å². The number of para-hydroxylation sites is 2. The maximum Gasteiger partial charge on any atom is 0.291 e. The van der Waals surface area contributed by atoms with Gasteiger partial charge in [-0.15, -0.1) is 0 Å². The number of rotatable bonds is 9. The molecule has 0 fully saturated rings. The van der Waals surface area contributed by atoms with E-state index in [-0.39, 0.29) is 36.6 Å². The number of halogens is 2. The molecule has 1 aromatic heterocycles. The van der Waals surface area contributed by atoms with Gasteiger partial charge in [0.15, 0.2) is 5.16 Å². The number of benzene rings is 2. The molecule has 0 aliphatic rings. The Labute approximate surface area is 182 Å². The van der Waals surface area contributed by atoms with Gasteiger partial charge in [0.25, 0.3) is 5.76 Å². The van der Waals surface area contributed by atoms with E-state index in [0.717, 1.165) is 5.56 Å². The van der Waals surface area contributed by atoms with Crippen LogP contribution in [0.4, 0.5) is 14.5 Å². The van der Waals surface area contributed by atoms with Crippen molar-refractivity contribution in [3.05, 3.63) is 54.1 Å². The van der Waals surface area contributed by atoms with Crippen LogP contribution in [-0.2, 0) is 22.7 Å². The molecule has 164 valence electrons. The van der Waals surface area contributed by atoms with Crippen LogP contribution >= 0.6 is 11.8 Å². The van der Waals surface area contributed by atoms with E-state index in [4.69, 9.17) is 0 Å². The first-order valence-corrected chi connectivity index (χ1v) is 10.4. The summed E-state index contributed by atoms with van der Waals surface area (Å²) in [5.74, 6) is -3.10. The van der Waals surface area contributed by atoms with Gasteiger partial charge in [0.05, 0.1) is 17.6 Å². The second-order valence-corrected chi connectivity index (χ2v) is 8.07. The first-order valence-electron chi connectivity index (χ1n) is 9.52. The number of likely N-dealkylation sites (N-methyl/N-ethyl adjacent to an activating group) is 1. The summed E-state index contributed by atoms with van der Waals surface area (Å²) in [4.78, 5) is 30.4. The Balaban J connectivity index is 1.65. The lowest BCUT2D eigenvalue weighted by Gasteiger charge is -2.12. The number of carbonyl (C=O) groups is 2. The van der Waals surface area contributed by atoms with Crippen molar-refractivity contribution in [1.29, 1.82) is 0 Å². The molecule has 2 N–H and O–H groups in total. The maximum absolute atomic E-state index is 12.9. The highest BCUT2D eigenvalue weighted by atomic mass is 32.2. The monoisotopic (exact) mass is 447 g/mol. The summed E-state index contributed by atoms with van der Waals surface area (Å²) in [6.45, 7) is 0.369. The summed E-state index contributed by atoms with van der Waals surface area (Å²) in [7, 11) is 3.61. The minimum Gasteiger partial charge on any atom is -0.350 e. The van der Waals surface area contributed by atoms with E-state index in [1.165, 1.54) is 4.57 Å². The topological polar surface area (TPSA) is 79.3 Å². The lowest BCUT2D eigenvalue weighted by atomic mass is 10.2. The number of thioether (sulfide) groups is 1. The predicted molar refractivity (Wildman–Crippen MR) is 117 cm³/mol. The lowest BCUT2D eigenvalue weighted by Crippen LogP contribution is -2.28. The van der Waals surface area contributed by atoms with E-state index in [2.05, 4.69) is 15.6 Å². The molecule has 0 bridgehead atoms. The van der Waals surface area contributed by atoms with Gasteiger partial charge in [-0.2, -0.15) is 8.78 Å². The molecule has 10 heteroatoms. The number of alkyl halides is 2. The van der Waals surface area contributed by atoms with Crippen molar-refractivity contribution < 1.29 is 18.4 Å². The van der Waals surface area contributed by atoms with Crippen LogP contribution in [0.1, 0.15) is 5.56 Å². The van der Waals surface area contributed by atoms with Gasteiger partial charge in [-0.1, -0.05) is 24.3 Å². The molecule has 0 saturated carbocycles. The summed E-state index contributed by atoms with van der Waals surface area (Å²) < 4.78 is 27.3. The Morgan fingerprint density at radius 2 is 1.90 bits per heavy atom. The van der Waals surface area contributed by atoms with E-state index in [1.54, 1.807) is 61.5 Å². The number of nitrogens with zero attached hydrogens (tertiary/aromatic N) is 3. The van der Waals surface area contributed by atoms with Crippen molar-refractivity contribution in [2.75, 3.05) is 26.0 Å². The van der Waals surface area contributed by atoms with Gasteiger partial charge in [-0.25, -0.2) is 4.98 Å². The third-order valence-corrected chi connectivity index (χ3v) is 4.98. The van der Waals surface area contributed by atoms with Gasteiger partial charge >= 0.3 is 0 Å². The Morgan fingerprint density at radius 1 is 1.13 bits per heavy atom. The zero-order valence-corrected chi connectivity index (χ0v) is 18.0. The van der Waals surface area contributed by atoms with E-state index in [1.807, 2.05) is 6.07 Å². The van der Waals surface area contributed by atoms with Crippen molar-refractivity contribution in [2.24, 2.45) is 0 Å². The van der Waals surface area contributed by atoms with Gasteiger partial charge in [-0.3, -0.25) is 9.59 Å². The van der Waals surface area contributed by atoms with E-state index < -0.39 is 5.76 Å². The van der Waals surface area contributed by atoms with Crippen LogP contribution in [0.2, 0.25) is 0 Å². The fraction of sp³-hybridized carbons (Fsp3) is 0.286. The Hall–Kier alpha value is -2.98. The molecule has 3 aromatic rings. The van der Waals surface area contributed by atoms with Gasteiger partial charge in [0, 0.05) is 12.2 Å². The number of carbonyl (C=O) groups excluding carboxylic acids is 2. The number of amides is 2. The highest BCUT2D eigenvalue weighted by molar-refractivity contribution is 7.99. The van der Waals surface area contributed by atoms with Crippen LogP contribution in [-0.4, -0.2) is 52.7 Å². The van der Waals surface area contributed by atoms with Gasteiger partial charge in [-0.05, 0) is 55.7 Å². The molecule has 0 aliphatic heterocycles. The predicted octanol–water partition coefficient (Wildman–Crippen LogP) is 3.17. The summed E-state index contributed by atoms with van der Waals surface area (Å²) in [6, 6.07) is 14.1. The van der Waals surface area contributed by atoms with Crippen LogP contribution in [0, 0.1) is 0 Å². The number of nitrogens with one attached hydrogen (secondary N) is 2. The van der Waals surface area contributed by atoms with Gasteiger partial charge in [0.2, 0.25) is 11.8 Å². The van der Waals surface area contributed by atoms with Crippen molar-refractivity contribution in [3.8, 4) is 0 Å². The molecular weight excluding hydrogens is 424 g/mol. The minimum atomic E-state index is -2.64. The van der Waals surface area contributed by atoms with E-state index in [9.17, 15) is 18.4 Å². The number of anilines is 1. The first kappa shape index (κ1) is 22.7. The molecule has 7 nitrogen and oxygen atoms in total. The molecule has 2 amide bonds. The van der Waals surface area contributed by atoms with Gasteiger partial charge < -0.3 is 20.1 Å². The van der Waals surface area contributed by atoms with Crippen molar-refractivity contribution in [2.45, 2.75) is 24.0 Å². The standard InChI is InChI=1S/C21H23F2N5O2S/c1-27(2)12-19(30)25-15-7-5-6-14(10-15)11-24-18(29)13-28-17-9-4-3-8-16(17)26-21(28)31-20(22)23/h3-10,20H,11-13H2,1-2H3,(H,24,29)(H,25,30). The molecule has 0 aliphatic carbocycles. The third-order valence-electron chi connectivity index (χ3n) is 4.28. The van der Waals surface area contributed by atoms with Crippen molar-refractivity contribution in [3.63, 3.8) is 0 Å². The van der Waals surface area contributed by atoms with Crippen molar-refractivity contribution >= 4 is 40.3 Å². The molecule has 0 spiro atoms. The number of hydrogen-bond acceptors (Lipinski definition) is 5. The molecule has 0 radical (unpaired) electrons. The molecule has 0 atom stereocenters. The minimum absolute atomic E-state index is 0.0944. The van der Waals surface area contributed by atoms with Crippen LogP contribution in [0.5, 0.6) is 0 Å². The van der Waals surface area contributed by atoms with Crippen LogP contribution < -0.4 is 10.6 Å². The third kappa shape index (κ3) is 6.50. The Bertz CT molecular complexity index is 1070. The summed E-state index contributed by atoms with van der Waals surface area (Å²) in [5.41, 5.74) is 2.61. The molecule has 0 saturated heterocycles.